The molecule has 0 saturated heterocycles. The average Bonchev–Trinajstić information content (AvgIpc) is 2.36. The van der Waals surface area contributed by atoms with Crippen molar-refractivity contribution in [3.8, 4) is 11.5 Å². The molecule has 1 unspecified atom stereocenters. The molecule has 0 aromatic heterocycles. The van der Waals surface area contributed by atoms with Crippen molar-refractivity contribution in [2.45, 2.75) is 19.4 Å². The molecule has 1 atom stereocenters. The van der Waals surface area contributed by atoms with Gasteiger partial charge in [0.1, 0.15) is 16.5 Å². The van der Waals surface area contributed by atoms with Gasteiger partial charge in [0.15, 0.2) is 0 Å². The van der Waals surface area contributed by atoms with Gasteiger partial charge in [-0.15, -0.1) is 0 Å². The number of hydrogen-bond donors (Lipinski definition) is 1. The van der Waals surface area contributed by atoms with Gasteiger partial charge >= 0.3 is 0 Å². The molecule has 0 heterocycles. The van der Waals surface area contributed by atoms with Crippen molar-refractivity contribution >= 4 is 23.2 Å². The van der Waals surface area contributed by atoms with Crippen LogP contribution in [0.3, 0.4) is 0 Å². The normalized spacial score (nSPS) is 12.2. The maximum absolute atomic E-state index is 6.12. The van der Waals surface area contributed by atoms with E-state index >= 15 is 0 Å². The summed E-state index contributed by atoms with van der Waals surface area (Å²) >= 11 is 12.1. The number of ether oxygens (including phenoxy) is 1. The first kappa shape index (κ1) is 14.2. The van der Waals surface area contributed by atoms with Crippen LogP contribution in [0.1, 0.15) is 12.5 Å². The lowest BCUT2D eigenvalue weighted by molar-refractivity contribution is 0.474. The molecule has 2 rings (SSSR count). The number of nitrogens with two attached hydrogens (primary N) is 1. The molecule has 2 nitrogen and oxygen atoms in total. The smallest absolute Gasteiger partial charge is 0.147 e. The molecule has 19 heavy (non-hydrogen) atoms. The Morgan fingerprint density at radius 2 is 1.74 bits per heavy atom. The van der Waals surface area contributed by atoms with Crippen molar-refractivity contribution in [1.29, 1.82) is 0 Å². The lowest BCUT2D eigenvalue weighted by Crippen LogP contribution is -2.18. The Labute approximate surface area is 123 Å². The highest BCUT2D eigenvalue weighted by Gasteiger charge is 2.10. The zero-order chi connectivity index (χ0) is 13.8. The van der Waals surface area contributed by atoms with E-state index in [9.17, 15) is 0 Å². The van der Waals surface area contributed by atoms with Crippen LogP contribution in [0, 0.1) is 0 Å². The molecule has 0 saturated carbocycles. The lowest BCUT2D eigenvalue weighted by Gasteiger charge is -2.13. The molecular formula is C15H15Cl2NO. The average molecular weight is 296 g/mol. The van der Waals surface area contributed by atoms with E-state index < -0.39 is 0 Å². The Morgan fingerprint density at radius 3 is 2.47 bits per heavy atom. The van der Waals surface area contributed by atoms with E-state index in [1.165, 1.54) is 0 Å². The van der Waals surface area contributed by atoms with E-state index in [1.807, 2.05) is 31.2 Å². The second-order valence-corrected chi connectivity index (χ2v) is 5.23. The minimum atomic E-state index is 0.0691. The van der Waals surface area contributed by atoms with Gasteiger partial charge in [0.25, 0.3) is 0 Å². The van der Waals surface area contributed by atoms with Gasteiger partial charge in [-0.3, -0.25) is 0 Å². The summed E-state index contributed by atoms with van der Waals surface area (Å²) in [6.07, 6.45) is 0.744. The van der Waals surface area contributed by atoms with Gasteiger partial charge in [0.05, 0.1) is 5.02 Å². The monoisotopic (exact) mass is 295 g/mol. The zero-order valence-corrected chi connectivity index (χ0v) is 12.1. The molecule has 0 radical (unpaired) electrons. The molecule has 2 aromatic carbocycles. The SMILES string of the molecule is CC(N)Cc1ccccc1Oc1cccc(Cl)c1Cl. The number of para-hydroxylation sites is 1. The van der Waals surface area contributed by atoms with Crippen LogP contribution >= 0.6 is 23.2 Å². The topological polar surface area (TPSA) is 35.2 Å². The molecule has 0 bridgehead atoms. The molecule has 0 spiro atoms. The van der Waals surface area contributed by atoms with Crippen molar-refractivity contribution in [1.82, 2.24) is 0 Å². The van der Waals surface area contributed by atoms with Crippen molar-refractivity contribution in [3.05, 3.63) is 58.1 Å². The molecule has 100 valence electrons. The number of rotatable bonds is 4. The highest BCUT2D eigenvalue weighted by molar-refractivity contribution is 6.42. The van der Waals surface area contributed by atoms with E-state index in [0.717, 1.165) is 17.7 Å². The Kier molecular flexibility index (Phi) is 4.70. The van der Waals surface area contributed by atoms with E-state index in [-0.39, 0.29) is 6.04 Å². The van der Waals surface area contributed by atoms with Crippen molar-refractivity contribution in [2.24, 2.45) is 5.73 Å². The summed E-state index contributed by atoms with van der Waals surface area (Å²) in [5.41, 5.74) is 6.89. The van der Waals surface area contributed by atoms with Crippen molar-refractivity contribution in [2.75, 3.05) is 0 Å². The summed E-state index contributed by atoms with van der Waals surface area (Å²) in [5, 5.41) is 0.892. The second-order valence-electron chi connectivity index (χ2n) is 4.44. The fraction of sp³-hybridized carbons (Fsp3) is 0.200. The van der Waals surface area contributed by atoms with Gasteiger partial charge in [-0.05, 0) is 37.1 Å². The quantitative estimate of drug-likeness (QED) is 0.889. The molecule has 0 aliphatic carbocycles. The van der Waals surface area contributed by atoms with Gasteiger partial charge in [-0.2, -0.15) is 0 Å². The van der Waals surface area contributed by atoms with Crippen LogP contribution in [-0.2, 0) is 6.42 Å². The van der Waals surface area contributed by atoms with Gasteiger partial charge in [-0.1, -0.05) is 47.5 Å². The Balaban J connectivity index is 2.30. The standard InChI is InChI=1S/C15H15Cl2NO/c1-10(18)9-11-5-2-3-7-13(11)19-14-8-4-6-12(16)15(14)17/h2-8,10H,9,18H2,1H3. The van der Waals surface area contributed by atoms with Crippen LogP contribution in [0.2, 0.25) is 10.0 Å². The van der Waals surface area contributed by atoms with Gasteiger partial charge in [-0.25, -0.2) is 0 Å². The summed E-state index contributed by atoms with van der Waals surface area (Å²) in [6.45, 7) is 1.96. The summed E-state index contributed by atoms with van der Waals surface area (Å²) in [4.78, 5) is 0. The molecule has 0 fully saturated rings. The minimum Gasteiger partial charge on any atom is -0.455 e. The number of hydrogen-bond acceptors (Lipinski definition) is 2. The van der Waals surface area contributed by atoms with Crippen LogP contribution in [0.4, 0.5) is 0 Å². The summed E-state index contributed by atoms with van der Waals surface area (Å²) in [6, 6.07) is 13.2. The third-order valence-corrected chi connectivity index (χ3v) is 3.45. The third kappa shape index (κ3) is 3.63. The van der Waals surface area contributed by atoms with Crippen molar-refractivity contribution < 1.29 is 4.74 Å². The van der Waals surface area contributed by atoms with Crippen LogP contribution in [0.25, 0.3) is 0 Å². The fourth-order valence-corrected chi connectivity index (χ4v) is 2.13. The van der Waals surface area contributed by atoms with Crippen LogP contribution < -0.4 is 10.5 Å². The van der Waals surface area contributed by atoms with E-state index in [4.69, 9.17) is 33.7 Å². The number of halogens is 2. The van der Waals surface area contributed by atoms with Gasteiger partial charge < -0.3 is 10.5 Å². The fourth-order valence-electron chi connectivity index (χ4n) is 1.80. The molecule has 2 aromatic rings. The predicted octanol–water partition coefficient (Wildman–Crippen LogP) is 4.68. The van der Waals surface area contributed by atoms with Crippen LogP contribution in [0.15, 0.2) is 42.5 Å². The van der Waals surface area contributed by atoms with Crippen LogP contribution in [0.5, 0.6) is 11.5 Å². The maximum atomic E-state index is 6.12. The zero-order valence-electron chi connectivity index (χ0n) is 10.6. The molecule has 0 aliphatic rings. The predicted molar refractivity (Wildman–Crippen MR) is 80.3 cm³/mol. The Bertz CT molecular complexity index is 570. The summed E-state index contributed by atoms with van der Waals surface area (Å²) in [5.74, 6) is 1.30. The van der Waals surface area contributed by atoms with Crippen molar-refractivity contribution in [3.63, 3.8) is 0 Å². The first-order chi connectivity index (χ1) is 9.08. The van der Waals surface area contributed by atoms with Crippen LogP contribution in [-0.4, -0.2) is 6.04 Å². The second kappa shape index (κ2) is 6.29. The number of benzene rings is 2. The van der Waals surface area contributed by atoms with E-state index in [2.05, 4.69) is 0 Å². The molecule has 0 amide bonds. The molecular weight excluding hydrogens is 281 g/mol. The van der Waals surface area contributed by atoms with E-state index in [0.29, 0.717) is 15.8 Å². The largest absolute Gasteiger partial charge is 0.455 e. The third-order valence-electron chi connectivity index (χ3n) is 2.65. The molecule has 4 heteroatoms. The Morgan fingerprint density at radius 1 is 1.05 bits per heavy atom. The Hall–Kier alpha value is -1.22. The molecule has 2 N–H and O–H groups in total. The van der Waals surface area contributed by atoms with Gasteiger partial charge in [0, 0.05) is 6.04 Å². The maximum Gasteiger partial charge on any atom is 0.147 e. The lowest BCUT2D eigenvalue weighted by atomic mass is 10.1. The highest BCUT2D eigenvalue weighted by atomic mass is 35.5. The minimum absolute atomic E-state index is 0.0691. The van der Waals surface area contributed by atoms with E-state index in [1.54, 1.807) is 18.2 Å². The first-order valence-electron chi connectivity index (χ1n) is 6.03. The first-order valence-corrected chi connectivity index (χ1v) is 6.79. The van der Waals surface area contributed by atoms with Gasteiger partial charge in [0.2, 0.25) is 0 Å². The highest BCUT2D eigenvalue weighted by Crippen LogP contribution is 2.35. The summed E-state index contributed by atoms with van der Waals surface area (Å²) < 4.78 is 5.85. The molecule has 0 aliphatic heterocycles. The summed E-state index contributed by atoms with van der Waals surface area (Å²) in [7, 11) is 0.